The molecule has 114 valence electrons. The summed E-state index contributed by atoms with van der Waals surface area (Å²) in [6.07, 6.45) is 2.08. The maximum absolute atomic E-state index is 12.5. The van der Waals surface area contributed by atoms with Crippen molar-refractivity contribution in [1.82, 2.24) is 4.90 Å². The molecule has 1 aromatic carbocycles. The average Bonchev–Trinajstić information content (AvgIpc) is 3.19. The minimum absolute atomic E-state index is 0.0463. The summed E-state index contributed by atoms with van der Waals surface area (Å²) in [6.45, 7) is 5.80. The van der Waals surface area contributed by atoms with Crippen molar-refractivity contribution in [3.05, 3.63) is 35.4 Å². The molecular weight excluding hydrogens is 266 g/mol. The Bertz CT molecular complexity index is 547. The van der Waals surface area contributed by atoms with Crippen molar-refractivity contribution in [3.63, 3.8) is 0 Å². The Labute approximate surface area is 125 Å². The molecule has 0 heterocycles. The van der Waals surface area contributed by atoms with Gasteiger partial charge in [-0.15, -0.1) is 0 Å². The first-order valence-corrected chi connectivity index (χ1v) is 7.38. The molecule has 1 fully saturated rings. The summed E-state index contributed by atoms with van der Waals surface area (Å²) >= 11 is 0. The second kappa shape index (κ2) is 5.88. The summed E-state index contributed by atoms with van der Waals surface area (Å²) in [7, 11) is 0. The molecule has 0 aromatic heterocycles. The quantitative estimate of drug-likeness (QED) is 0.876. The van der Waals surface area contributed by atoms with Crippen molar-refractivity contribution in [2.75, 3.05) is 0 Å². The number of hydrogen-bond acceptors (Lipinski definition) is 2. The Morgan fingerprint density at radius 1 is 1.33 bits per heavy atom. The largest absolute Gasteiger partial charge is 0.481 e. The van der Waals surface area contributed by atoms with E-state index in [1.807, 2.05) is 30.0 Å². The number of carboxylic acids is 1. The van der Waals surface area contributed by atoms with E-state index in [1.54, 1.807) is 13.8 Å². The van der Waals surface area contributed by atoms with Crippen molar-refractivity contribution >= 4 is 11.9 Å². The highest BCUT2D eigenvalue weighted by atomic mass is 16.4. The van der Waals surface area contributed by atoms with Gasteiger partial charge in [0.25, 0.3) is 0 Å². The van der Waals surface area contributed by atoms with Crippen LogP contribution in [0.1, 0.15) is 44.2 Å². The van der Waals surface area contributed by atoms with Gasteiger partial charge in [0.1, 0.15) is 0 Å². The van der Waals surface area contributed by atoms with Crippen LogP contribution in [-0.4, -0.2) is 27.9 Å². The summed E-state index contributed by atoms with van der Waals surface area (Å²) in [5.74, 6) is -0.992. The first-order chi connectivity index (χ1) is 9.79. The molecule has 0 spiro atoms. The third-order valence-electron chi connectivity index (χ3n) is 3.92. The predicted molar refractivity (Wildman–Crippen MR) is 80.8 cm³/mol. The molecular formula is C17H23NO3. The van der Waals surface area contributed by atoms with Gasteiger partial charge < -0.3 is 10.0 Å². The van der Waals surface area contributed by atoms with Crippen LogP contribution in [0, 0.1) is 12.3 Å². The third-order valence-corrected chi connectivity index (χ3v) is 3.92. The molecule has 1 saturated carbocycles. The van der Waals surface area contributed by atoms with E-state index in [4.69, 9.17) is 0 Å². The molecule has 2 rings (SSSR count). The predicted octanol–water partition coefficient (Wildman–Crippen LogP) is 2.99. The van der Waals surface area contributed by atoms with Crippen LogP contribution in [0.2, 0.25) is 0 Å². The van der Waals surface area contributed by atoms with Gasteiger partial charge in [0, 0.05) is 19.0 Å². The van der Waals surface area contributed by atoms with E-state index in [-0.39, 0.29) is 18.4 Å². The number of nitrogens with zero attached hydrogens (tertiary/aromatic N) is 1. The fraction of sp³-hybridized carbons (Fsp3) is 0.529. The summed E-state index contributed by atoms with van der Waals surface area (Å²) in [6, 6.07) is 8.38. The normalized spacial score (nSPS) is 14.8. The third kappa shape index (κ3) is 4.06. The minimum atomic E-state index is -1.02. The van der Waals surface area contributed by atoms with E-state index in [0.29, 0.717) is 6.54 Å². The van der Waals surface area contributed by atoms with Gasteiger partial charge in [0.2, 0.25) is 5.91 Å². The lowest BCUT2D eigenvalue weighted by molar-refractivity contribution is -0.151. The van der Waals surface area contributed by atoms with Gasteiger partial charge in [0.05, 0.1) is 5.41 Å². The number of hydrogen-bond donors (Lipinski definition) is 1. The molecule has 0 atom stereocenters. The van der Waals surface area contributed by atoms with E-state index >= 15 is 0 Å². The highest BCUT2D eigenvalue weighted by Gasteiger charge is 2.37. The molecule has 4 nitrogen and oxygen atoms in total. The van der Waals surface area contributed by atoms with Crippen LogP contribution in [0.15, 0.2) is 24.3 Å². The maximum Gasteiger partial charge on any atom is 0.309 e. The number of carbonyl (C=O) groups excluding carboxylic acids is 1. The van der Waals surface area contributed by atoms with Crippen molar-refractivity contribution in [2.24, 2.45) is 5.41 Å². The van der Waals surface area contributed by atoms with Gasteiger partial charge in [-0.25, -0.2) is 0 Å². The van der Waals surface area contributed by atoms with Crippen LogP contribution < -0.4 is 0 Å². The van der Waals surface area contributed by atoms with E-state index in [2.05, 4.69) is 6.07 Å². The van der Waals surface area contributed by atoms with Crippen molar-refractivity contribution in [3.8, 4) is 0 Å². The summed E-state index contributed by atoms with van der Waals surface area (Å²) in [4.78, 5) is 25.5. The highest BCUT2D eigenvalue weighted by Crippen LogP contribution is 2.31. The van der Waals surface area contributed by atoms with Crippen LogP contribution in [0.5, 0.6) is 0 Å². The zero-order chi connectivity index (χ0) is 15.6. The van der Waals surface area contributed by atoms with Gasteiger partial charge >= 0.3 is 5.97 Å². The Morgan fingerprint density at radius 3 is 2.52 bits per heavy atom. The van der Waals surface area contributed by atoms with Crippen molar-refractivity contribution < 1.29 is 14.7 Å². The maximum atomic E-state index is 12.5. The number of aliphatic carboxylic acids is 1. The zero-order valence-electron chi connectivity index (χ0n) is 12.9. The van der Waals surface area contributed by atoms with Crippen LogP contribution in [0.3, 0.4) is 0 Å². The van der Waals surface area contributed by atoms with Crippen LogP contribution >= 0.6 is 0 Å². The Kier molecular flexibility index (Phi) is 4.35. The summed E-state index contributed by atoms with van der Waals surface area (Å²) < 4.78 is 0. The summed E-state index contributed by atoms with van der Waals surface area (Å²) in [5.41, 5.74) is 1.25. The van der Waals surface area contributed by atoms with E-state index in [0.717, 1.165) is 18.4 Å². The number of amides is 1. The van der Waals surface area contributed by atoms with E-state index in [9.17, 15) is 14.7 Å². The first-order valence-electron chi connectivity index (χ1n) is 7.38. The standard InChI is InChI=1S/C17H23NO3/c1-12-5-4-6-13(9-12)11-18(14-7-8-14)15(19)10-17(2,3)16(20)21/h4-6,9,14H,7-8,10-11H2,1-3H3,(H,20,21). The fourth-order valence-corrected chi connectivity index (χ4v) is 2.37. The Balaban J connectivity index is 2.09. The lowest BCUT2D eigenvalue weighted by Gasteiger charge is -2.27. The molecule has 0 bridgehead atoms. The monoisotopic (exact) mass is 289 g/mol. The first kappa shape index (κ1) is 15.5. The SMILES string of the molecule is Cc1cccc(CN(C(=O)CC(C)(C)C(=O)O)C2CC2)c1. The molecule has 1 aliphatic carbocycles. The number of aryl methyl sites for hydroxylation is 1. The molecule has 4 heteroatoms. The lowest BCUT2D eigenvalue weighted by atomic mass is 9.89. The molecule has 0 radical (unpaired) electrons. The fourth-order valence-electron chi connectivity index (χ4n) is 2.37. The number of benzene rings is 1. The van der Waals surface area contributed by atoms with E-state index in [1.165, 1.54) is 5.56 Å². The molecule has 0 saturated heterocycles. The molecule has 1 amide bonds. The molecule has 0 aliphatic heterocycles. The van der Waals surface area contributed by atoms with E-state index < -0.39 is 11.4 Å². The molecule has 1 aliphatic rings. The van der Waals surface area contributed by atoms with Crippen molar-refractivity contribution in [1.29, 1.82) is 0 Å². The Hall–Kier alpha value is -1.84. The lowest BCUT2D eigenvalue weighted by Crippen LogP contribution is -2.37. The number of carbonyl (C=O) groups is 2. The number of rotatable bonds is 6. The van der Waals surface area contributed by atoms with Gasteiger partial charge in [0.15, 0.2) is 0 Å². The van der Waals surface area contributed by atoms with Crippen molar-refractivity contribution in [2.45, 2.75) is 52.6 Å². The van der Waals surface area contributed by atoms with Gasteiger partial charge in [-0.1, -0.05) is 29.8 Å². The topological polar surface area (TPSA) is 57.6 Å². The Morgan fingerprint density at radius 2 is 2.00 bits per heavy atom. The second-order valence-corrected chi connectivity index (χ2v) is 6.61. The van der Waals surface area contributed by atoms with Gasteiger partial charge in [-0.05, 0) is 39.2 Å². The number of carboxylic acid groups (broad SMARTS) is 1. The zero-order valence-corrected chi connectivity index (χ0v) is 12.9. The minimum Gasteiger partial charge on any atom is -0.481 e. The van der Waals surface area contributed by atoms with Crippen LogP contribution in [0.25, 0.3) is 0 Å². The van der Waals surface area contributed by atoms with Gasteiger partial charge in [-0.3, -0.25) is 9.59 Å². The molecule has 21 heavy (non-hydrogen) atoms. The smallest absolute Gasteiger partial charge is 0.309 e. The van der Waals surface area contributed by atoms with Crippen LogP contribution in [-0.2, 0) is 16.1 Å². The molecule has 1 N–H and O–H groups in total. The highest BCUT2D eigenvalue weighted by molar-refractivity contribution is 5.84. The van der Waals surface area contributed by atoms with Crippen LogP contribution in [0.4, 0.5) is 0 Å². The van der Waals surface area contributed by atoms with Gasteiger partial charge in [-0.2, -0.15) is 0 Å². The molecule has 1 aromatic rings. The second-order valence-electron chi connectivity index (χ2n) is 6.61. The summed E-state index contributed by atoms with van der Waals surface area (Å²) in [5, 5.41) is 9.18. The molecule has 0 unspecified atom stereocenters. The average molecular weight is 289 g/mol.